The number of allylic oxidation sites excluding steroid dienone is 1. The summed E-state index contributed by atoms with van der Waals surface area (Å²) in [6.07, 6.45) is 12.1. The molecule has 0 spiro atoms. The van der Waals surface area contributed by atoms with Gasteiger partial charge in [-0.25, -0.2) is 0 Å². The van der Waals surface area contributed by atoms with Crippen molar-refractivity contribution in [2.45, 2.75) is 99.3 Å². The number of rotatable bonds is 9. The molecule has 0 bridgehead atoms. The van der Waals surface area contributed by atoms with Crippen LogP contribution in [-0.4, -0.2) is 62.0 Å². The van der Waals surface area contributed by atoms with Gasteiger partial charge in [0.1, 0.15) is 0 Å². The number of carbonyl (C=O) groups excluding carboxylic acids is 2. The summed E-state index contributed by atoms with van der Waals surface area (Å²) < 4.78 is 0. The largest absolute Gasteiger partial charge is 0.352 e. The summed E-state index contributed by atoms with van der Waals surface area (Å²) in [5.41, 5.74) is 2.04. The van der Waals surface area contributed by atoms with Crippen LogP contribution in [0.1, 0.15) is 99.3 Å². The Morgan fingerprint density at radius 2 is 1.57 bits per heavy atom. The highest BCUT2D eigenvalue weighted by Crippen LogP contribution is 2.32. The van der Waals surface area contributed by atoms with Crippen LogP contribution < -0.4 is 10.6 Å². The molecule has 210 valence electrons. The topological polar surface area (TPSA) is 86.2 Å². The molecule has 7 nitrogen and oxygen atoms in total. The Morgan fingerprint density at radius 3 is 2.11 bits per heavy atom. The number of nitrogens with one attached hydrogen (secondary N) is 2. The van der Waals surface area contributed by atoms with Gasteiger partial charge in [0, 0.05) is 50.1 Å². The van der Waals surface area contributed by atoms with Crippen molar-refractivity contribution < 1.29 is 9.59 Å². The van der Waals surface area contributed by atoms with Gasteiger partial charge in [-0.2, -0.15) is 0 Å². The van der Waals surface area contributed by atoms with Crippen LogP contribution in [0, 0.1) is 23.2 Å². The minimum atomic E-state index is -0.212. The molecule has 3 aliphatic rings. The van der Waals surface area contributed by atoms with Crippen LogP contribution in [0.4, 0.5) is 0 Å². The predicted octanol–water partition coefficient (Wildman–Crippen LogP) is 5.37. The van der Waals surface area contributed by atoms with Gasteiger partial charge in [-0.05, 0) is 57.3 Å². The number of likely N-dealkylation sites (tertiary alicyclic amines) is 1. The predicted molar refractivity (Wildman–Crippen MR) is 155 cm³/mol. The molecule has 0 aromatic carbocycles. The zero-order chi connectivity index (χ0) is 27.4. The molecule has 0 unspecified atom stereocenters. The van der Waals surface area contributed by atoms with Gasteiger partial charge in [0.05, 0.1) is 17.7 Å². The van der Waals surface area contributed by atoms with Gasteiger partial charge in [-0.1, -0.05) is 53.9 Å². The highest BCUT2D eigenvalue weighted by atomic mass is 16.2. The van der Waals surface area contributed by atoms with Crippen LogP contribution in [-0.2, 0) is 9.59 Å². The fraction of sp³-hybridized carbons (Fsp3) is 0.800. The number of piperidine rings is 1. The van der Waals surface area contributed by atoms with Gasteiger partial charge in [-0.3, -0.25) is 19.6 Å². The first-order valence-corrected chi connectivity index (χ1v) is 14.7. The van der Waals surface area contributed by atoms with E-state index < -0.39 is 0 Å². The average molecular weight is 516 g/mol. The second kappa shape index (κ2) is 15.3. The van der Waals surface area contributed by atoms with Gasteiger partial charge in [0.2, 0.25) is 11.8 Å². The summed E-state index contributed by atoms with van der Waals surface area (Å²) >= 11 is 0. The van der Waals surface area contributed by atoms with E-state index in [4.69, 9.17) is 0 Å². The smallest absolute Gasteiger partial charge is 0.249 e. The first-order valence-electron chi connectivity index (χ1n) is 14.7. The van der Waals surface area contributed by atoms with Crippen molar-refractivity contribution in [3.05, 3.63) is 11.3 Å². The SMILES string of the molecule is CC.CN=C(/C(NC=NCC1CCN(C(=O)C2CC2)CC1)=C(\C)C(=O)NCC1CCCCC1)C(C)(C)C. The molecular formula is C30H53N5O2. The molecule has 3 rings (SSSR count). The van der Waals surface area contributed by atoms with E-state index in [2.05, 4.69) is 41.4 Å². The fourth-order valence-electron chi connectivity index (χ4n) is 5.29. The summed E-state index contributed by atoms with van der Waals surface area (Å²) in [5, 5.41) is 6.48. The van der Waals surface area contributed by atoms with E-state index in [0.717, 1.165) is 63.3 Å². The van der Waals surface area contributed by atoms with Crippen molar-refractivity contribution in [2.24, 2.45) is 33.2 Å². The van der Waals surface area contributed by atoms with E-state index in [1.165, 1.54) is 32.1 Å². The molecule has 2 N–H and O–H groups in total. The number of amides is 2. The maximum absolute atomic E-state index is 13.1. The molecule has 37 heavy (non-hydrogen) atoms. The molecule has 1 aliphatic heterocycles. The van der Waals surface area contributed by atoms with Crippen LogP contribution in [0.15, 0.2) is 21.3 Å². The number of carbonyl (C=O) groups is 2. The Hall–Kier alpha value is -2.18. The van der Waals surface area contributed by atoms with Gasteiger partial charge in [0.15, 0.2) is 0 Å². The van der Waals surface area contributed by atoms with Gasteiger partial charge in [0.25, 0.3) is 0 Å². The molecular weight excluding hydrogens is 462 g/mol. The Morgan fingerprint density at radius 1 is 0.946 bits per heavy atom. The quantitative estimate of drug-likeness (QED) is 0.246. The molecule has 0 atom stereocenters. The minimum Gasteiger partial charge on any atom is -0.352 e. The van der Waals surface area contributed by atoms with Gasteiger partial charge >= 0.3 is 0 Å². The molecule has 0 aromatic heterocycles. The van der Waals surface area contributed by atoms with E-state index in [0.29, 0.717) is 29.2 Å². The van der Waals surface area contributed by atoms with Crippen LogP contribution in [0.2, 0.25) is 0 Å². The minimum absolute atomic E-state index is 0.0374. The summed E-state index contributed by atoms with van der Waals surface area (Å²) in [4.78, 5) is 36.6. The maximum Gasteiger partial charge on any atom is 0.249 e. The monoisotopic (exact) mass is 515 g/mol. The average Bonchev–Trinajstić information content (AvgIpc) is 3.75. The second-order valence-electron chi connectivity index (χ2n) is 11.7. The molecule has 7 heteroatoms. The van der Waals surface area contributed by atoms with Crippen LogP contribution >= 0.6 is 0 Å². The third-order valence-electron chi connectivity index (χ3n) is 7.68. The lowest BCUT2D eigenvalue weighted by Gasteiger charge is -2.31. The highest BCUT2D eigenvalue weighted by molar-refractivity contribution is 6.10. The zero-order valence-corrected chi connectivity index (χ0v) is 24.7. The zero-order valence-electron chi connectivity index (χ0n) is 24.7. The fourth-order valence-corrected chi connectivity index (χ4v) is 5.29. The normalized spacial score (nSPS) is 20.7. The van der Waals surface area contributed by atoms with Crippen LogP contribution in [0.25, 0.3) is 0 Å². The van der Waals surface area contributed by atoms with Crippen molar-refractivity contribution in [3.63, 3.8) is 0 Å². The Labute approximate surface area is 226 Å². The number of aliphatic imine (C=N–C) groups is 2. The van der Waals surface area contributed by atoms with E-state index in [9.17, 15) is 9.59 Å². The maximum atomic E-state index is 13.1. The van der Waals surface area contributed by atoms with Crippen molar-refractivity contribution in [2.75, 3.05) is 33.2 Å². The van der Waals surface area contributed by atoms with E-state index in [1.54, 1.807) is 13.4 Å². The first-order chi connectivity index (χ1) is 17.7. The molecule has 2 amide bonds. The van der Waals surface area contributed by atoms with Gasteiger partial charge in [-0.15, -0.1) is 0 Å². The highest BCUT2D eigenvalue weighted by Gasteiger charge is 2.34. The van der Waals surface area contributed by atoms with Crippen LogP contribution in [0.5, 0.6) is 0 Å². The summed E-state index contributed by atoms with van der Waals surface area (Å²) in [6, 6.07) is 0. The third-order valence-corrected chi connectivity index (χ3v) is 7.68. The summed E-state index contributed by atoms with van der Waals surface area (Å²) in [7, 11) is 1.78. The van der Waals surface area contributed by atoms with E-state index >= 15 is 0 Å². The molecule has 2 saturated carbocycles. The van der Waals surface area contributed by atoms with Crippen LogP contribution in [0.3, 0.4) is 0 Å². The lowest BCUT2D eigenvalue weighted by molar-refractivity contribution is -0.133. The molecule has 3 fully saturated rings. The molecule has 1 saturated heterocycles. The lowest BCUT2D eigenvalue weighted by Crippen LogP contribution is -2.40. The third kappa shape index (κ3) is 9.90. The van der Waals surface area contributed by atoms with Crippen molar-refractivity contribution in [3.8, 4) is 0 Å². The second-order valence-corrected chi connectivity index (χ2v) is 11.7. The standard InChI is InChI=1S/C28H47N5O2.C2H6/c1-20(26(34)31-18-21-9-7-6-8-10-21)24(25(29-5)28(2,3)4)32-19-30-17-22-13-15-33(16-14-22)27(35)23-11-12-23;1-2/h19,21-23H,6-18H2,1-5H3,(H,30,32)(H,31,34);1-2H3/b24-20-,29-25?;. The molecule has 1 heterocycles. The van der Waals surface area contributed by atoms with Crippen molar-refractivity contribution >= 4 is 23.9 Å². The first kappa shape index (κ1) is 31.0. The molecule has 0 aromatic rings. The number of hydrogen-bond donors (Lipinski definition) is 2. The summed E-state index contributed by atoms with van der Waals surface area (Å²) in [5.74, 6) is 1.70. The van der Waals surface area contributed by atoms with E-state index in [1.807, 2.05) is 25.7 Å². The van der Waals surface area contributed by atoms with Crippen molar-refractivity contribution in [1.29, 1.82) is 0 Å². The summed E-state index contributed by atoms with van der Waals surface area (Å²) in [6.45, 7) is 15.4. The molecule has 2 aliphatic carbocycles. The molecule has 0 radical (unpaired) electrons. The number of hydrogen-bond acceptors (Lipinski definition) is 4. The number of nitrogens with zero attached hydrogens (tertiary/aromatic N) is 3. The Bertz CT molecular complexity index is 821. The Kier molecular flexibility index (Phi) is 12.8. The van der Waals surface area contributed by atoms with Crippen molar-refractivity contribution in [1.82, 2.24) is 15.5 Å². The van der Waals surface area contributed by atoms with Gasteiger partial charge < -0.3 is 15.5 Å². The Balaban J connectivity index is 0.00000235. The van der Waals surface area contributed by atoms with E-state index in [-0.39, 0.29) is 11.3 Å². The lowest BCUT2D eigenvalue weighted by atomic mass is 9.86.